The topological polar surface area (TPSA) is 54.6 Å². The lowest BCUT2D eigenvalue weighted by molar-refractivity contribution is 0.253. The number of unbranched alkanes of at least 4 members (excludes halogenated alkanes) is 1. The molecule has 0 aliphatic carbocycles. The van der Waals surface area contributed by atoms with Crippen LogP contribution in [0.5, 0.6) is 11.5 Å². The number of aliphatic hydroxyl groups is 1. The van der Waals surface area contributed by atoms with Gasteiger partial charge in [0.1, 0.15) is 5.75 Å². The normalized spacial score (nSPS) is 12.5. The van der Waals surface area contributed by atoms with Crippen LogP contribution in [0, 0.1) is 0 Å². The number of hydrogen-bond donors (Lipinski definition) is 2. The zero-order valence-corrected chi connectivity index (χ0v) is 25.7. The second-order valence-electron chi connectivity index (χ2n) is 12.5. The van der Waals surface area contributed by atoms with Crippen LogP contribution < -0.4 is 4.74 Å². The number of hydrogen-bond acceptors (Lipinski definition) is 4. The van der Waals surface area contributed by atoms with Crippen molar-refractivity contribution in [3.05, 3.63) is 76.1 Å². The minimum absolute atomic E-state index is 0.0160. The monoisotopic (exact) mass is 575 g/mol. The van der Waals surface area contributed by atoms with Gasteiger partial charge in [0, 0.05) is 33.3 Å². The molecule has 0 radical (unpaired) electrons. The van der Waals surface area contributed by atoms with E-state index in [1.54, 1.807) is 6.07 Å². The molecule has 0 unspecified atom stereocenters. The maximum atomic E-state index is 11.7. The van der Waals surface area contributed by atoms with Gasteiger partial charge in [-0.25, -0.2) is 0 Å². The highest BCUT2D eigenvalue weighted by Crippen LogP contribution is 2.47. The Kier molecular flexibility index (Phi) is 7.68. The molecule has 0 saturated carbocycles. The average molecular weight is 576 g/mol. The van der Waals surface area contributed by atoms with E-state index in [-0.39, 0.29) is 23.2 Å². The van der Waals surface area contributed by atoms with Crippen LogP contribution in [0.4, 0.5) is 0 Å². The van der Waals surface area contributed by atoms with E-state index in [9.17, 15) is 5.11 Å². The predicted octanol–water partition coefficient (Wildman–Crippen LogP) is 9.62. The summed E-state index contributed by atoms with van der Waals surface area (Å²) in [5.41, 5.74) is 6.19. The lowest BCUT2D eigenvalue weighted by Crippen LogP contribution is -2.10. The predicted molar refractivity (Wildman–Crippen MR) is 170 cm³/mol. The van der Waals surface area contributed by atoms with Gasteiger partial charge in [-0.2, -0.15) is 0 Å². The average Bonchev–Trinajstić information content (AvgIpc) is 3.42. The van der Waals surface area contributed by atoms with Crippen molar-refractivity contribution in [3.8, 4) is 27.6 Å². The van der Waals surface area contributed by atoms with Crippen LogP contribution in [0.3, 0.4) is 0 Å². The first-order chi connectivity index (χ1) is 18.9. The molecule has 0 saturated heterocycles. The third kappa shape index (κ3) is 5.35. The molecule has 2 aromatic heterocycles. The molecule has 0 fully saturated rings. The summed E-state index contributed by atoms with van der Waals surface area (Å²) in [6.07, 6.45) is 1.42. The number of benzene rings is 3. The first-order valence-corrected chi connectivity index (χ1v) is 15.1. The van der Waals surface area contributed by atoms with E-state index in [0.29, 0.717) is 28.7 Å². The molecule has 40 heavy (non-hydrogen) atoms. The van der Waals surface area contributed by atoms with Gasteiger partial charge in [-0.05, 0) is 77.3 Å². The molecule has 3 aromatic carbocycles. The molecule has 0 atom stereocenters. The van der Waals surface area contributed by atoms with Gasteiger partial charge < -0.3 is 19.5 Å². The molecule has 4 nitrogen and oxygen atoms in total. The first-order valence-electron chi connectivity index (χ1n) is 13.8. The number of nitrogens with zero attached hydrogens (tertiary/aromatic N) is 1. The smallest absolute Gasteiger partial charge is 0.158 e. The minimum atomic E-state index is 0.0160. The van der Waals surface area contributed by atoms with Gasteiger partial charge in [-0.1, -0.05) is 65.3 Å². The van der Waals surface area contributed by atoms with Gasteiger partial charge in [-0.15, -0.1) is 11.3 Å². The third-order valence-electron chi connectivity index (χ3n) is 7.48. The van der Waals surface area contributed by atoms with Crippen LogP contribution in [0.1, 0.15) is 65.5 Å². The van der Waals surface area contributed by atoms with Crippen LogP contribution in [-0.4, -0.2) is 28.0 Å². The summed E-state index contributed by atoms with van der Waals surface area (Å²) in [5.74, 6) is 0.865. The second kappa shape index (κ2) is 10.8. The summed E-state index contributed by atoms with van der Waals surface area (Å²) in [7, 11) is 0. The standard InChI is InChI=1S/C34H38ClNO3S/c1-33(2,3)21-9-12-27-24(17-21)25-18-22(34(4,5)6)10-13-28(25)36(27)29-20-40-32(31(29)38)26-19-23(35)11-14-30(26)39-16-8-7-15-37/h9-14,17-20,37-38H,7-8,15-16H2,1-6H3. The van der Waals surface area contributed by atoms with Crippen LogP contribution in [-0.2, 0) is 10.8 Å². The van der Waals surface area contributed by atoms with E-state index >= 15 is 0 Å². The van der Waals surface area contributed by atoms with E-state index in [1.165, 1.54) is 33.2 Å². The molecule has 0 amide bonds. The number of halogens is 1. The molecular weight excluding hydrogens is 538 g/mol. The lowest BCUT2D eigenvalue weighted by atomic mass is 9.85. The third-order valence-corrected chi connectivity index (χ3v) is 8.71. The van der Waals surface area contributed by atoms with Gasteiger partial charge in [0.15, 0.2) is 5.75 Å². The van der Waals surface area contributed by atoms with Crippen molar-refractivity contribution in [2.75, 3.05) is 13.2 Å². The number of ether oxygens (including phenoxy) is 1. The zero-order chi connectivity index (χ0) is 28.8. The number of aromatic hydroxyl groups is 1. The Balaban J connectivity index is 1.70. The number of thiophene rings is 1. The Bertz CT molecular complexity index is 1610. The lowest BCUT2D eigenvalue weighted by Gasteiger charge is -2.19. The van der Waals surface area contributed by atoms with Crippen molar-refractivity contribution in [2.45, 2.75) is 65.2 Å². The van der Waals surface area contributed by atoms with Crippen molar-refractivity contribution < 1.29 is 14.9 Å². The van der Waals surface area contributed by atoms with Crippen molar-refractivity contribution >= 4 is 44.7 Å². The Morgan fingerprint density at radius 2 is 1.43 bits per heavy atom. The fraction of sp³-hybridized carbons (Fsp3) is 0.353. The van der Waals surface area contributed by atoms with Crippen LogP contribution in [0.2, 0.25) is 5.02 Å². The molecule has 5 aromatic rings. The zero-order valence-electron chi connectivity index (χ0n) is 24.1. The number of aliphatic hydroxyl groups excluding tert-OH is 1. The Morgan fingerprint density at radius 3 is 1.98 bits per heavy atom. The summed E-state index contributed by atoms with van der Waals surface area (Å²) < 4.78 is 8.22. The highest BCUT2D eigenvalue weighted by molar-refractivity contribution is 7.14. The van der Waals surface area contributed by atoms with E-state index < -0.39 is 0 Å². The van der Waals surface area contributed by atoms with E-state index in [1.807, 2.05) is 17.5 Å². The molecule has 210 valence electrons. The quantitative estimate of drug-likeness (QED) is 0.190. The largest absolute Gasteiger partial charge is 0.504 e. The molecule has 2 N–H and O–H groups in total. The highest BCUT2D eigenvalue weighted by Gasteiger charge is 2.24. The maximum absolute atomic E-state index is 11.7. The molecule has 2 heterocycles. The van der Waals surface area contributed by atoms with E-state index in [4.69, 9.17) is 21.4 Å². The summed E-state index contributed by atoms with van der Waals surface area (Å²) in [6, 6.07) is 18.8. The second-order valence-corrected chi connectivity index (χ2v) is 13.8. The Hall–Kier alpha value is -2.99. The molecule has 5 rings (SSSR count). The SMILES string of the molecule is CC(C)(C)c1ccc2c(c1)c1cc(C(C)(C)C)ccc1n2-c1csc(-c2cc(Cl)ccc2OCCCCO)c1O. The number of fused-ring (bicyclic) bond motifs is 3. The molecule has 0 aliphatic heterocycles. The van der Waals surface area contributed by atoms with Crippen molar-refractivity contribution in [3.63, 3.8) is 0 Å². The van der Waals surface area contributed by atoms with Crippen molar-refractivity contribution in [2.24, 2.45) is 0 Å². The van der Waals surface area contributed by atoms with Crippen LogP contribution >= 0.6 is 22.9 Å². The molecule has 6 heteroatoms. The Labute approximate surface area is 245 Å². The van der Waals surface area contributed by atoms with Gasteiger partial charge in [0.2, 0.25) is 0 Å². The fourth-order valence-electron chi connectivity index (χ4n) is 5.11. The molecule has 0 aliphatic rings. The first kappa shape index (κ1) is 28.5. The van der Waals surface area contributed by atoms with Gasteiger partial charge in [0.05, 0.1) is 28.2 Å². The molecular formula is C34H38ClNO3S. The summed E-state index contributed by atoms with van der Waals surface area (Å²) >= 11 is 7.87. The van der Waals surface area contributed by atoms with Gasteiger partial charge in [0.25, 0.3) is 0 Å². The summed E-state index contributed by atoms with van der Waals surface area (Å²) in [4.78, 5) is 0.710. The van der Waals surface area contributed by atoms with Gasteiger partial charge in [-0.3, -0.25) is 0 Å². The Morgan fingerprint density at radius 1 is 0.825 bits per heavy atom. The van der Waals surface area contributed by atoms with Crippen molar-refractivity contribution in [1.82, 2.24) is 4.57 Å². The van der Waals surface area contributed by atoms with Gasteiger partial charge >= 0.3 is 0 Å². The van der Waals surface area contributed by atoms with Crippen LogP contribution in [0.15, 0.2) is 60.0 Å². The fourth-order valence-corrected chi connectivity index (χ4v) is 6.23. The molecule has 0 bridgehead atoms. The van der Waals surface area contributed by atoms with Crippen LogP contribution in [0.25, 0.3) is 37.9 Å². The van der Waals surface area contributed by atoms with Crippen molar-refractivity contribution in [1.29, 1.82) is 0 Å². The molecule has 0 spiro atoms. The number of rotatable bonds is 7. The summed E-state index contributed by atoms with van der Waals surface area (Å²) in [5, 5.41) is 25.8. The van der Waals surface area contributed by atoms with E-state index in [0.717, 1.165) is 28.7 Å². The number of aromatic nitrogens is 1. The minimum Gasteiger partial charge on any atom is -0.504 e. The summed E-state index contributed by atoms with van der Waals surface area (Å²) in [6.45, 7) is 14.0. The van der Waals surface area contributed by atoms with E-state index in [2.05, 4.69) is 82.5 Å². The highest BCUT2D eigenvalue weighted by atomic mass is 35.5. The maximum Gasteiger partial charge on any atom is 0.158 e.